The molecule has 0 aliphatic rings. The molecule has 0 fully saturated rings. The monoisotopic (exact) mass is 844 g/mol. The van der Waals surface area contributed by atoms with Crippen molar-refractivity contribution in [1.82, 2.24) is 24.1 Å². The third-order valence-electron chi connectivity index (χ3n) is 12.7. The molecule has 0 atom stereocenters. The summed E-state index contributed by atoms with van der Waals surface area (Å²) in [7, 11) is 0. The van der Waals surface area contributed by atoms with Crippen molar-refractivity contribution in [3.8, 4) is 73.9 Å². The van der Waals surface area contributed by atoms with Crippen molar-refractivity contribution < 1.29 is 0 Å². The Bertz CT molecular complexity index is 3850. The molecule has 0 bridgehead atoms. The second-order valence-corrected chi connectivity index (χ2v) is 16.9. The van der Waals surface area contributed by atoms with Crippen LogP contribution < -0.4 is 0 Å². The van der Waals surface area contributed by atoms with Crippen LogP contribution in [0.5, 0.6) is 0 Å². The SMILES string of the molecule is Cc1ccc2c(c1)c1ccccc1n2-c1ccc(-c2nc(-c3ccccc3)nc(-c3ccccc3)n2)cc1-c1ccc(-c2ccccc2C#N)cc1-n1c2ccccc2c2cc(C)ccc21. The summed E-state index contributed by atoms with van der Waals surface area (Å²) < 4.78 is 4.80. The number of aryl methyl sites for hydroxylation is 2. The number of para-hydroxylation sites is 2. The van der Waals surface area contributed by atoms with Crippen LogP contribution in [0.3, 0.4) is 0 Å². The predicted molar refractivity (Wildman–Crippen MR) is 270 cm³/mol. The highest BCUT2D eigenvalue weighted by atomic mass is 15.0. The maximum Gasteiger partial charge on any atom is 0.164 e. The summed E-state index contributed by atoms with van der Waals surface area (Å²) in [6, 6.07) is 74.5. The van der Waals surface area contributed by atoms with Crippen molar-refractivity contribution >= 4 is 43.6 Å². The molecule has 12 aromatic rings. The summed E-state index contributed by atoms with van der Waals surface area (Å²) in [6.07, 6.45) is 0. The van der Waals surface area contributed by atoms with Crippen LogP contribution >= 0.6 is 0 Å². The van der Waals surface area contributed by atoms with Crippen LogP contribution in [0.1, 0.15) is 16.7 Å². The first-order valence-corrected chi connectivity index (χ1v) is 22.2. The van der Waals surface area contributed by atoms with Gasteiger partial charge in [-0.2, -0.15) is 5.26 Å². The van der Waals surface area contributed by atoms with Gasteiger partial charge in [-0.05, 0) is 91.7 Å². The van der Waals surface area contributed by atoms with E-state index >= 15 is 0 Å². The van der Waals surface area contributed by atoms with Crippen LogP contribution in [-0.4, -0.2) is 24.1 Å². The standard InChI is InChI=1S/C60H40N6/c1-38-25-30-54-49(33-38)46-21-11-13-23-52(46)65(54)56-32-28-43(60-63-58(40-15-5-3-6-16-40)62-59(64-60)41-17-7-4-8-18-41)35-51(56)48-29-27-42(45-20-10-9-19-44(45)37-61)36-57(48)66-53-24-14-12-22-47(53)50-34-39(2)26-31-55(50)66/h3-36H,1-2H3. The molecule has 0 saturated carbocycles. The molecule has 9 aromatic carbocycles. The van der Waals surface area contributed by atoms with Gasteiger partial charge in [0.2, 0.25) is 0 Å². The fourth-order valence-electron chi connectivity index (χ4n) is 9.66. The lowest BCUT2D eigenvalue weighted by Crippen LogP contribution is -2.04. The van der Waals surface area contributed by atoms with Gasteiger partial charge in [-0.15, -0.1) is 0 Å². The third kappa shape index (κ3) is 6.45. The number of rotatable bonds is 7. The first-order chi connectivity index (χ1) is 32.5. The van der Waals surface area contributed by atoms with E-state index < -0.39 is 0 Å². The lowest BCUT2D eigenvalue weighted by Gasteiger charge is -2.21. The van der Waals surface area contributed by atoms with E-state index in [0.717, 1.165) is 72.4 Å². The Hall–Kier alpha value is -8.92. The van der Waals surface area contributed by atoms with E-state index in [1.54, 1.807) is 0 Å². The van der Waals surface area contributed by atoms with Gasteiger partial charge >= 0.3 is 0 Å². The molecule has 6 nitrogen and oxygen atoms in total. The van der Waals surface area contributed by atoms with Gasteiger partial charge in [0.25, 0.3) is 0 Å². The Labute approximate surface area is 382 Å². The van der Waals surface area contributed by atoms with Crippen LogP contribution in [-0.2, 0) is 0 Å². The minimum atomic E-state index is 0.571. The second-order valence-electron chi connectivity index (χ2n) is 16.9. The molecular formula is C60H40N6. The number of aromatic nitrogens is 5. The molecule has 310 valence electrons. The molecule has 0 saturated heterocycles. The summed E-state index contributed by atoms with van der Waals surface area (Å²) >= 11 is 0. The van der Waals surface area contributed by atoms with E-state index in [1.165, 1.54) is 32.7 Å². The molecule has 3 aromatic heterocycles. The first kappa shape index (κ1) is 38.7. The lowest BCUT2D eigenvalue weighted by atomic mass is 9.93. The quantitative estimate of drug-likeness (QED) is 0.160. The molecule has 6 heteroatoms. The Morgan fingerprint density at radius 1 is 0.348 bits per heavy atom. The Balaban J connectivity index is 1.21. The number of benzene rings is 9. The van der Waals surface area contributed by atoms with Crippen molar-refractivity contribution in [2.75, 3.05) is 0 Å². The zero-order valence-corrected chi connectivity index (χ0v) is 36.3. The van der Waals surface area contributed by atoms with Gasteiger partial charge in [0.05, 0.1) is 45.1 Å². The lowest BCUT2D eigenvalue weighted by molar-refractivity contribution is 1.07. The van der Waals surface area contributed by atoms with E-state index in [1.807, 2.05) is 84.9 Å². The van der Waals surface area contributed by atoms with Gasteiger partial charge < -0.3 is 9.13 Å². The fraction of sp³-hybridized carbons (Fsp3) is 0.0333. The summed E-state index contributed by atoms with van der Waals surface area (Å²) in [5.41, 5.74) is 15.9. The van der Waals surface area contributed by atoms with Crippen LogP contribution in [0, 0.1) is 25.2 Å². The zero-order valence-electron chi connectivity index (χ0n) is 36.3. The number of nitrogens with zero attached hydrogens (tertiary/aromatic N) is 6. The highest BCUT2D eigenvalue weighted by Gasteiger charge is 2.23. The topological polar surface area (TPSA) is 72.3 Å². The third-order valence-corrected chi connectivity index (χ3v) is 12.7. The second kappa shape index (κ2) is 15.7. The van der Waals surface area contributed by atoms with Crippen molar-refractivity contribution in [3.05, 3.63) is 223 Å². The minimum Gasteiger partial charge on any atom is -0.309 e. The molecular weight excluding hydrogens is 805 g/mol. The van der Waals surface area contributed by atoms with Crippen molar-refractivity contribution in [1.29, 1.82) is 5.26 Å². The summed E-state index contributed by atoms with van der Waals surface area (Å²) in [5.74, 6) is 1.77. The average molecular weight is 845 g/mol. The molecule has 0 aliphatic carbocycles. The molecule has 12 rings (SSSR count). The van der Waals surface area contributed by atoms with Gasteiger partial charge in [0, 0.05) is 49.4 Å². The molecule has 0 aliphatic heterocycles. The van der Waals surface area contributed by atoms with Crippen molar-refractivity contribution in [2.24, 2.45) is 0 Å². The summed E-state index contributed by atoms with van der Waals surface area (Å²) in [6.45, 7) is 4.30. The van der Waals surface area contributed by atoms with E-state index in [4.69, 9.17) is 15.0 Å². The van der Waals surface area contributed by atoms with Gasteiger partial charge in [0.15, 0.2) is 17.5 Å². The normalized spacial score (nSPS) is 11.5. The average Bonchev–Trinajstić information content (AvgIpc) is 3.88. The highest BCUT2D eigenvalue weighted by molar-refractivity contribution is 6.12. The van der Waals surface area contributed by atoms with Gasteiger partial charge in [0.1, 0.15) is 0 Å². The largest absolute Gasteiger partial charge is 0.309 e. The molecule has 0 unspecified atom stereocenters. The number of hydrogen-bond acceptors (Lipinski definition) is 4. The Morgan fingerprint density at radius 3 is 1.42 bits per heavy atom. The Morgan fingerprint density at radius 2 is 0.833 bits per heavy atom. The smallest absolute Gasteiger partial charge is 0.164 e. The summed E-state index contributed by atoms with van der Waals surface area (Å²) in [4.78, 5) is 15.4. The fourth-order valence-corrected chi connectivity index (χ4v) is 9.66. The molecule has 66 heavy (non-hydrogen) atoms. The van der Waals surface area contributed by atoms with Gasteiger partial charge in [-0.3, -0.25) is 0 Å². The van der Waals surface area contributed by atoms with E-state index in [2.05, 4.69) is 150 Å². The summed E-state index contributed by atoms with van der Waals surface area (Å²) in [5, 5.41) is 15.1. The minimum absolute atomic E-state index is 0.571. The van der Waals surface area contributed by atoms with Gasteiger partial charge in [-0.25, -0.2) is 15.0 Å². The predicted octanol–water partition coefficient (Wildman–Crippen LogP) is 14.9. The van der Waals surface area contributed by atoms with E-state index in [0.29, 0.717) is 23.0 Å². The van der Waals surface area contributed by atoms with Crippen LogP contribution in [0.4, 0.5) is 0 Å². The van der Waals surface area contributed by atoms with Crippen LogP contribution in [0.15, 0.2) is 206 Å². The van der Waals surface area contributed by atoms with E-state index in [-0.39, 0.29) is 0 Å². The van der Waals surface area contributed by atoms with Gasteiger partial charge in [-0.1, -0.05) is 151 Å². The molecule has 3 heterocycles. The number of hydrogen-bond donors (Lipinski definition) is 0. The van der Waals surface area contributed by atoms with Crippen molar-refractivity contribution in [2.45, 2.75) is 13.8 Å². The first-order valence-electron chi connectivity index (χ1n) is 22.2. The maximum atomic E-state index is 10.4. The van der Waals surface area contributed by atoms with Crippen molar-refractivity contribution in [3.63, 3.8) is 0 Å². The van der Waals surface area contributed by atoms with Crippen LogP contribution in [0.25, 0.3) is 111 Å². The number of fused-ring (bicyclic) bond motifs is 6. The molecule has 0 spiro atoms. The Kier molecular flexibility index (Phi) is 9.22. The highest BCUT2D eigenvalue weighted by Crippen LogP contribution is 2.44. The van der Waals surface area contributed by atoms with Crippen LogP contribution in [0.2, 0.25) is 0 Å². The van der Waals surface area contributed by atoms with E-state index in [9.17, 15) is 5.26 Å². The molecule has 0 N–H and O–H groups in total. The maximum absolute atomic E-state index is 10.4. The molecule has 0 amide bonds. The zero-order chi connectivity index (χ0) is 44.3. The molecule has 0 radical (unpaired) electrons. The number of nitriles is 1.